The number of methoxy groups -OCH3 is 1. The van der Waals surface area contributed by atoms with Gasteiger partial charge in [0, 0.05) is 19.0 Å². The summed E-state index contributed by atoms with van der Waals surface area (Å²) < 4.78 is 4.88. The second-order valence-electron chi connectivity index (χ2n) is 3.37. The van der Waals surface area contributed by atoms with Crippen LogP contribution in [0.3, 0.4) is 0 Å². The third-order valence-corrected chi connectivity index (χ3v) is 1.89. The number of anilines is 1. The first-order valence-corrected chi connectivity index (χ1v) is 4.73. The van der Waals surface area contributed by atoms with Crippen LogP contribution < -0.4 is 5.32 Å². The monoisotopic (exact) mass is 209 g/mol. The molecule has 0 bridgehead atoms. The predicted octanol–water partition coefficient (Wildman–Crippen LogP) is 1.01. The average Bonchev–Trinajstić information content (AvgIpc) is 2.18. The molecule has 0 aromatic carbocycles. The van der Waals surface area contributed by atoms with Crippen LogP contribution in [0.5, 0.6) is 0 Å². The Morgan fingerprint density at radius 3 is 3.00 bits per heavy atom. The summed E-state index contributed by atoms with van der Waals surface area (Å²) in [4.78, 5) is 19.6. The summed E-state index contributed by atoms with van der Waals surface area (Å²) >= 11 is 0. The Balaban J connectivity index is 2.58. The Labute approximate surface area is 88.9 Å². The molecule has 0 saturated carbocycles. The first-order chi connectivity index (χ1) is 7.13. The number of aromatic nitrogens is 2. The lowest BCUT2D eigenvalue weighted by molar-refractivity contribution is -0.120. The van der Waals surface area contributed by atoms with Crippen molar-refractivity contribution in [2.45, 2.75) is 13.8 Å². The summed E-state index contributed by atoms with van der Waals surface area (Å²) in [5, 5.41) is 2.63. The summed E-state index contributed by atoms with van der Waals surface area (Å²) in [6.45, 7) is 4.02. The van der Waals surface area contributed by atoms with Crippen LogP contribution in [0.4, 0.5) is 5.95 Å². The quantitative estimate of drug-likeness (QED) is 0.803. The van der Waals surface area contributed by atoms with Gasteiger partial charge in [0.05, 0.1) is 12.5 Å². The van der Waals surface area contributed by atoms with Gasteiger partial charge >= 0.3 is 0 Å². The van der Waals surface area contributed by atoms with Crippen molar-refractivity contribution in [3.63, 3.8) is 0 Å². The van der Waals surface area contributed by atoms with Gasteiger partial charge in [-0.05, 0) is 13.0 Å². The van der Waals surface area contributed by atoms with E-state index in [1.165, 1.54) is 0 Å². The van der Waals surface area contributed by atoms with Gasteiger partial charge < -0.3 is 4.74 Å². The van der Waals surface area contributed by atoms with Crippen LogP contribution in [0.15, 0.2) is 12.3 Å². The maximum Gasteiger partial charge on any atom is 0.231 e. The highest BCUT2D eigenvalue weighted by molar-refractivity contribution is 5.90. The van der Waals surface area contributed by atoms with E-state index in [0.717, 1.165) is 5.69 Å². The molecule has 82 valence electrons. The van der Waals surface area contributed by atoms with E-state index in [4.69, 9.17) is 4.74 Å². The van der Waals surface area contributed by atoms with Gasteiger partial charge in [0.15, 0.2) is 0 Å². The minimum absolute atomic E-state index is 0.137. The Morgan fingerprint density at radius 2 is 2.40 bits per heavy atom. The molecule has 0 aliphatic rings. The molecule has 1 rings (SSSR count). The molecule has 1 aromatic heterocycles. The van der Waals surface area contributed by atoms with Crippen molar-refractivity contribution in [1.82, 2.24) is 9.97 Å². The van der Waals surface area contributed by atoms with Crippen LogP contribution in [-0.2, 0) is 9.53 Å². The number of aryl methyl sites for hydroxylation is 1. The van der Waals surface area contributed by atoms with Crippen molar-refractivity contribution in [3.8, 4) is 0 Å². The van der Waals surface area contributed by atoms with Crippen molar-refractivity contribution in [3.05, 3.63) is 18.0 Å². The molecule has 0 aliphatic heterocycles. The second-order valence-corrected chi connectivity index (χ2v) is 3.37. The number of carbonyl (C=O) groups is 1. The van der Waals surface area contributed by atoms with Crippen molar-refractivity contribution >= 4 is 11.9 Å². The fraction of sp³-hybridized carbons (Fsp3) is 0.500. The van der Waals surface area contributed by atoms with Gasteiger partial charge in [-0.3, -0.25) is 10.1 Å². The Kier molecular flexibility index (Phi) is 4.17. The van der Waals surface area contributed by atoms with Crippen molar-refractivity contribution < 1.29 is 9.53 Å². The van der Waals surface area contributed by atoms with Gasteiger partial charge in [0.25, 0.3) is 0 Å². The first-order valence-electron chi connectivity index (χ1n) is 4.73. The molecule has 5 nitrogen and oxygen atoms in total. The van der Waals surface area contributed by atoms with E-state index in [-0.39, 0.29) is 11.8 Å². The summed E-state index contributed by atoms with van der Waals surface area (Å²) in [7, 11) is 1.56. The average molecular weight is 209 g/mol. The Morgan fingerprint density at radius 1 is 1.67 bits per heavy atom. The molecule has 1 N–H and O–H groups in total. The molecule has 0 unspecified atom stereocenters. The van der Waals surface area contributed by atoms with Crippen LogP contribution in [0, 0.1) is 12.8 Å². The smallest absolute Gasteiger partial charge is 0.231 e. The second kappa shape index (κ2) is 5.41. The minimum Gasteiger partial charge on any atom is -0.384 e. The number of hydrogen-bond donors (Lipinski definition) is 1. The molecule has 0 fully saturated rings. The molecular weight excluding hydrogens is 194 g/mol. The van der Waals surface area contributed by atoms with E-state index < -0.39 is 0 Å². The van der Waals surface area contributed by atoms with Crippen molar-refractivity contribution in [2.24, 2.45) is 5.92 Å². The topological polar surface area (TPSA) is 64.1 Å². The molecule has 0 saturated heterocycles. The number of ether oxygens (including phenoxy) is 1. The molecule has 5 heteroatoms. The standard InChI is InChI=1S/C10H15N3O2/c1-7(6-15-3)9(14)13-10-11-5-4-8(2)12-10/h4-5,7H,6H2,1-3H3,(H,11,12,13,14)/t7-/m0/s1. The van der Waals surface area contributed by atoms with E-state index in [0.29, 0.717) is 12.6 Å². The van der Waals surface area contributed by atoms with Gasteiger partial charge in [-0.2, -0.15) is 0 Å². The largest absolute Gasteiger partial charge is 0.384 e. The molecule has 0 aliphatic carbocycles. The van der Waals surface area contributed by atoms with Crippen LogP contribution in [-0.4, -0.2) is 29.6 Å². The molecule has 1 aromatic rings. The van der Waals surface area contributed by atoms with Gasteiger partial charge in [-0.25, -0.2) is 9.97 Å². The lowest BCUT2D eigenvalue weighted by atomic mass is 10.2. The van der Waals surface area contributed by atoms with Crippen molar-refractivity contribution in [1.29, 1.82) is 0 Å². The van der Waals surface area contributed by atoms with E-state index in [1.807, 2.05) is 6.92 Å². The number of rotatable bonds is 4. The Hall–Kier alpha value is -1.49. The summed E-state index contributed by atoms with van der Waals surface area (Å²) in [5.74, 6) is -0.00971. The molecular formula is C10H15N3O2. The molecule has 0 spiro atoms. The fourth-order valence-electron chi connectivity index (χ4n) is 1.07. The zero-order valence-corrected chi connectivity index (χ0v) is 9.15. The zero-order chi connectivity index (χ0) is 11.3. The normalized spacial score (nSPS) is 12.2. The molecule has 1 amide bonds. The number of carbonyl (C=O) groups excluding carboxylic acids is 1. The lowest BCUT2D eigenvalue weighted by Gasteiger charge is -2.09. The van der Waals surface area contributed by atoms with Gasteiger partial charge in [0.2, 0.25) is 11.9 Å². The molecule has 1 heterocycles. The molecule has 1 atom stereocenters. The summed E-state index contributed by atoms with van der Waals surface area (Å²) in [5.41, 5.74) is 0.819. The van der Waals surface area contributed by atoms with Crippen LogP contribution >= 0.6 is 0 Å². The SMILES string of the molecule is COC[C@H](C)C(=O)Nc1nccc(C)n1. The predicted molar refractivity (Wildman–Crippen MR) is 56.4 cm³/mol. The number of nitrogens with one attached hydrogen (secondary N) is 1. The first kappa shape index (κ1) is 11.6. The van der Waals surface area contributed by atoms with E-state index in [2.05, 4.69) is 15.3 Å². The lowest BCUT2D eigenvalue weighted by Crippen LogP contribution is -2.24. The molecule has 15 heavy (non-hydrogen) atoms. The maximum absolute atomic E-state index is 11.5. The number of amides is 1. The highest BCUT2D eigenvalue weighted by atomic mass is 16.5. The minimum atomic E-state index is -0.209. The Bertz CT molecular complexity index is 341. The number of hydrogen-bond acceptors (Lipinski definition) is 4. The molecule has 0 radical (unpaired) electrons. The van der Waals surface area contributed by atoms with Gasteiger partial charge in [0.1, 0.15) is 0 Å². The van der Waals surface area contributed by atoms with Gasteiger partial charge in [-0.1, -0.05) is 6.92 Å². The number of nitrogens with zero attached hydrogens (tertiary/aromatic N) is 2. The summed E-state index contributed by atoms with van der Waals surface area (Å²) in [6, 6.07) is 1.77. The summed E-state index contributed by atoms with van der Waals surface area (Å²) in [6.07, 6.45) is 1.61. The van der Waals surface area contributed by atoms with E-state index in [1.54, 1.807) is 26.3 Å². The van der Waals surface area contributed by atoms with Crippen LogP contribution in [0.25, 0.3) is 0 Å². The van der Waals surface area contributed by atoms with E-state index in [9.17, 15) is 4.79 Å². The van der Waals surface area contributed by atoms with E-state index >= 15 is 0 Å². The van der Waals surface area contributed by atoms with Crippen LogP contribution in [0.1, 0.15) is 12.6 Å². The highest BCUT2D eigenvalue weighted by Crippen LogP contribution is 2.03. The highest BCUT2D eigenvalue weighted by Gasteiger charge is 2.13. The van der Waals surface area contributed by atoms with Gasteiger partial charge in [-0.15, -0.1) is 0 Å². The third kappa shape index (κ3) is 3.63. The zero-order valence-electron chi connectivity index (χ0n) is 9.15. The fourth-order valence-corrected chi connectivity index (χ4v) is 1.07. The third-order valence-electron chi connectivity index (χ3n) is 1.89. The van der Waals surface area contributed by atoms with Crippen LogP contribution in [0.2, 0.25) is 0 Å². The van der Waals surface area contributed by atoms with Crippen molar-refractivity contribution in [2.75, 3.05) is 19.0 Å². The maximum atomic E-state index is 11.5.